The molecule has 2 aromatic rings. The van der Waals surface area contributed by atoms with Crippen molar-refractivity contribution in [3.05, 3.63) is 64.0 Å². The maximum atomic E-state index is 14.8. The van der Waals surface area contributed by atoms with Gasteiger partial charge in [0.15, 0.2) is 0 Å². The lowest BCUT2D eigenvalue weighted by Crippen LogP contribution is -2.28. The molecule has 1 saturated carbocycles. The minimum atomic E-state index is -0.435. The smallest absolute Gasteiger partial charge is 0.256 e. The van der Waals surface area contributed by atoms with E-state index in [1.807, 2.05) is 26.0 Å². The van der Waals surface area contributed by atoms with Crippen LogP contribution in [0.3, 0.4) is 0 Å². The first-order valence-electron chi connectivity index (χ1n) is 9.84. The second kappa shape index (κ2) is 7.34. The molecular weight excluding hydrogens is 341 g/mol. The minimum Gasteiger partial charge on any atom is -0.489 e. The van der Waals surface area contributed by atoms with Crippen LogP contribution in [0, 0.1) is 19.7 Å². The maximum Gasteiger partial charge on any atom is 0.256 e. The van der Waals surface area contributed by atoms with E-state index >= 15 is 0 Å². The van der Waals surface area contributed by atoms with Crippen LogP contribution in [0.4, 0.5) is 4.39 Å². The van der Waals surface area contributed by atoms with Crippen molar-refractivity contribution in [2.24, 2.45) is 0 Å². The molecule has 1 aliphatic carbocycles. The number of carbonyl (C=O) groups is 1. The van der Waals surface area contributed by atoms with Gasteiger partial charge in [-0.15, -0.1) is 0 Å². The topological polar surface area (TPSA) is 29.5 Å². The standard InChI is InChI=1S/C23H26FNO2/c1-15-9-16(2)11-19(10-15)27-14-18-12-22(24)21(13-20(18)17-5-6-17)23(26)25-7-3-4-8-25/h9-13,17H,3-8,14H2,1-2H3. The van der Waals surface area contributed by atoms with Gasteiger partial charge in [-0.25, -0.2) is 4.39 Å². The van der Waals surface area contributed by atoms with Crippen LogP contribution < -0.4 is 4.74 Å². The highest BCUT2D eigenvalue weighted by Crippen LogP contribution is 2.43. The summed E-state index contributed by atoms with van der Waals surface area (Å²) in [4.78, 5) is 14.4. The first-order chi connectivity index (χ1) is 13.0. The molecule has 0 N–H and O–H groups in total. The number of nitrogens with zero attached hydrogens (tertiary/aromatic N) is 1. The Morgan fingerprint density at radius 3 is 2.37 bits per heavy atom. The number of aryl methyl sites for hydroxylation is 2. The van der Waals surface area contributed by atoms with Crippen LogP contribution in [0.5, 0.6) is 5.75 Å². The Bertz CT molecular complexity index is 847. The Kier molecular flexibility index (Phi) is 4.90. The molecule has 0 atom stereocenters. The first kappa shape index (κ1) is 18.0. The number of halogens is 1. The zero-order chi connectivity index (χ0) is 19.0. The molecular formula is C23H26FNO2. The summed E-state index contributed by atoms with van der Waals surface area (Å²) in [5.74, 6) is 0.615. The minimum absolute atomic E-state index is 0.173. The Balaban J connectivity index is 1.58. The molecule has 1 amide bonds. The molecule has 0 bridgehead atoms. The highest BCUT2D eigenvalue weighted by atomic mass is 19.1. The summed E-state index contributed by atoms with van der Waals surface area (Å²) in [6.07, 6.45) is 4.20. The van der Waals surface area contributed by atoms with Crippen molar-refractivity contribution >= 4 is 5.91 Å². The molecule has 0 aromatic heterocycles. The predicted octanol–water partition coefficient (Wildman–Crippen LogP) is 5.13. The molecule has 1 heterocycles. The molecule has 0 radical (unpaired) electrons. The summed E-state index contributed by atoms with van der Waals surface area (Å²) in [5.41, 5.74) is 4.43. The van der Waals surface area contributed by atoms with Gasteiger partial charge in [0.1, 0.15) is 18.2 Å². The largest absolute Gasteiger partial charge is 0.489 e. The van der Waals surface area contributed by atoms with Gasteiger partial charge in [-0.1, -0.05) is 6.07 Å². The van der Waals surface area contributed by atoms with Crippen molar-refractivity contribution < 1.29 is 13.9 Å². The van der Waals surface area contributed by atoms with Crippen molar-refractivity contribution in [1.29, 1.82) is 0 Å². The molecule has 3 nitrogen and oxygen atoms in total. The predicted molar refractivity (Wildman–Crippen MR) is 104 cm³/mol. The Labute approximate surface area is 160 Å². The molecule has 2 aromatic carbocycles. The molecule has 4 rings (SSSR count). The summed E-state index contributed by atoms with van der Waals surface area (Å²) in [5, 5.41) is 0. The van der Waals surface area contributed by atoms with Gasteiger partial charge in [0.25, 0.3) is 5.91 Å². The lowest BCUT2D eigenvalue weighted by atomic mass is 9.99. The van der Waals surface area contributed by atoms with Crippen LogP contribution >= 0.6 is 0 Å². The average Bonchev–Trinajstić information content (AvgIpc) is 3.32. The van der Waals surface area contributed by atoms with Crippen LogP contribution in [-0.2, 0) is 6.61 Å². The van der Waals surface area contributed by atoms with Gasteiger partial charge in [-0.05, 0) is 92.0 Å². The van der Waals surface area contributed by atoms with Crippen molar-refractivity contribution in [3.63, 3.8) is 0 Å². The van der Waals surface area contributed by atoms with E-state index in [0.29, 0.717) is 12.5 Å². The fraction of sp³-hybridized carbons (Fsp3) is 0.435. The molecule has 0 unspecified atom stereocenters. The second-order valence-electron chi connectivity index (χ2n) is 7.92. The highest BCUT2D eigenvalue weighted by molar-refractivity contribution is 5.95. The number of hydrogen-bond donors (Lipinski definition) is 0. The van der Waals surface area contributed by atoms with E-state index in [9.17, 15) is 9.18 Å². The van der Waals surface area contributed by atoms with Crippen molar-refractivity contribution in [2.75, 3.05) is 13.1 Å². The van der Waals surface area contributed by atoms with E-state index in [1.54, 1.807) is 11.0 Å². The quantitative estimate of drug-likeness (QED) is 0.733. The molecule has 2 fully saturated rings. The third kappa shape index (κ3) is 4.00. The number of amides is 1. The number of likely N-dealkylation sites (tertiary alicyclic amines) is 1. The lowest BCUT2D eigenvalue weighted by molar-refractivity contribution is 0.0788. The summed E-state index contributed by atoms with van der Waals surface area (Å²) in [6.45, 7) is 5.86. The number of benzene rings is 2. The van der Waals surface area contributed by atoms with Crippen molar-refractivity contribution in [3.8, 4) is 5.75 Å². The summed E-state index contributed by atoms with van der Waals surface area (Å²) in [6, 6.07) is 9.38. The van der Waals surface area contributed by atoms with Crippen molar-refractivity contribution in [1.82, 2.24) is 4.90 Å². The normalized spacial score (nSPS) is 16.6. The molecule has 0 spiro atoms. The van der Waals surface area contributed by atoms with Crippen LogP contribution in [0.1, 0.15) is 64.2 Å². The molecule has 1 aliphatic heterocycles. The van der Waals surface area contributed by atoms with E-state index < -0.39 is 5.82 Å². The zero-order valence-corrected chi connectivity index (χ0v) is 16.1. The summed E-state index contributed by atoms with van der Waals surface area (Å²) in [7, 11) is 0. The van der Waals surface area contributed by atoms with E-state index in [0.717, 1.165) is 66.8 Å². The Hall–Kier alpha value is -2.36. The fourth-order valence-corrected chi connectivity index (χ4v) is 3.96. The molecule has 4 heteroatoms. The van der Waals surface area contributed by atoms with Crippen molar-refractivity contribution in [2.45, 2.75) is 52.1 Å². The Morgan fingerprint density at radius 2 is 1.74 bits per heavy atom. The molecule has 2 aliphatic rings. The first-order valence-corrected chi connectivity index (χ1v) is 9.84. The van der Waals surface area contributed by atoms with Gasteiger partial charge in [-0.2, -0.15) is 0 Å². The molecule has 27 heavy (non-hydrogen) atoms. The highest BCUT2D eigenvalue weighted by Gasteiger charge is 2.30. The number of hydrogen-bond acceptors (Lipinski definition) is 2. The average molecular weight is 367 g/mol. The van der Waals surface area contributed by atoms with Crippen LogP contribution in [0.2, 0.25) is 0 Å². The number of ether oxygens (including phenoxy) is 1. The van der Waals surface area contributed by atoms with Gasteiger partial charge >= 0.3 is 0 Å². The van der Waals surface area contributed by atoms with Crippen LogP contribution in [0.25, 0.3) is 0 Å². The van der Waals surface area contributed by atoms with E-state index in [4.69, 9.17) is 4.74 Å². The maximum absolute atomic E-state index is 14.8. The molecule has 142 valence electrons. The van der Waals surface area contributed by atoms with Gasteiger partial charge in [0.05, 0.1) is 5.56 Å². The van der Waals surface area contributed by atoms with Gasteiger partial charge < -0.3 is 9.64 Å². The van der Waals surface area contributed by atoms with Gasteiger partial charge in [-0.3, -0.25) is 4.79 Å². The Morgan fingerprint density at radius 1 is 1.07 bits per heavy atom. The van der Waals surface area contributed by atoms with Gasteiger partial charge in [0, 0.05) is 13.1 Å². The summed E-state index contributed by atoms with van der Waals surface area (Å²) >= 11 is 0. The van der Waals surface area contributed by atoms with Crippen LogP contribution in [-0.4, -0.2) is 23.9 Å². The van der Waals surface area contributed by atoms with Crippen LogP contribution in [0.15, 0.2) is 30.3 Å². The van der Waals surface area contributed by atoms with Gasteiger partial charge in [0.2, 0.25) is 0 Å². The van der Waals surface area contributed by atoms with E-state index in [1.165, 1.54) is 6.07 Å². The number of rotatable bonds is 5. The number of carbonyl (C=O) groups excluding carboxylic acids is 1. The SMILES string of the molecule is Cc1cc(C)cc(OCc2cc(F)c(C(=O)N3CCCC3)cc2C2CC2)c1. The third-order valence-electron chi connectivity index (χ3n) is 5.46. The third-order valence-corrected chi connectivity index (χ3v) is 5.46. The second-order valence-corrected chi connectivity index (χ2v) is 7.92. The fourth-order valence-electron chi connectivity index (χ4n) is 3.96. The lowest BCUT2D eigenvalue weighted by Gasteiger charge is -2.18. The van der Waals surface area contributed by atoms with E-state index in [-0.39, 0.29) is 11.5 Å². The monoisotopic (exact) mass is 367 g/mol. The van der Waals surface area contributed by atoms with E-state index in [2.05, 4.69) is 6.07 Å². The zero-order valence-electron chi connectivity index (χ0n) is 16.1. The summed E-state index contributed by atoms with van der Waals surface area (Å²) < 4.78 is 20.7. The molecule has 1 saturated heterocycles.